The first-order chi connectivity index (χ1) is 14.3. The van der Waals surface area contributed by atoms with Crippen LogP contribution in [0.5, 0.6) is 0 Å². The van der Waals surface area contributed by atoms with Crippen molar-refractivity contribution in [1.82, 2.24) is 20.1 Å². The zero-order valence-electron chi connectivity index (χ0n) is 16.9. The summed E-state index contributed by atoms with van der Waals surface area (Å²) in [6, 6.07) is 9.28. The van der Waals surface area contributed by atoms with Gasteiger partial charge in [0, 0.05) is 55.2 Å². The number of anilines is 1. The van der Waals surface area contributed by atoms with E-state index in [0.717, 1.165) is 61.0 Å². The van der Waals surface area contributed by atoms with Crippen molar-refractivity contribution in [2.75, 3.05) is 31.1 Å². The Morgan fingerprint density at radius 2 is 1.73 bits per heavy atom. The number of nitrogens with zero attached hydrogens (tertiary/aromatic N) is 4. The van der Waals surface area contributed by atoms with Gasteiger partial charge in [-0.3, -0.25) is 10.00 Å². The van der Waals surface area contributed by atoms with Crippen molar-refractivity contribution in [1.29, 1.82) is 0 Å². The minimum absolute atomic E-state index is 0.268. The number of aryl methyl sites for hydroxylation is 1. The minimum atomic E-state index is -4.34. The van der Waals surface area contributed by atoms with Crippen LogP contribution in [0, 0.1) is 6.92 Å². The molecular weight excluding hydrogens is 391 g/mol. The van der Waals surface area contributed by atoms with Crippen molar-refractivity contribution in [2.24, 2.45) is 0 Å². The van der Waals surface area contributed by atoms with E-state index in [9.17, 15) is 13.2 Å². The van der Waals surface area contributed by atoms with Gasteiger partial charge in [-0.2, -0.15) is 18.3 Å². The first-order valence-corrected chi connectivity index (χ1v) is 9.96. The van der Waals surface area contributed by atoms with Crippen molar-refractivity contribution < 1.29 is 13.2 Å². The molecule has 3 heterocycles. The van der Waals surface area contributed by atoms with Gasteiger partial charge in [-0.15, -0.1) is 0 Å². The lowest BCUT2D eigenvalue weighted by Gasteiger charge is -2.39. The van der Waals surface area contributed by atoms with E-state index in [0.29, 0.717) is 0 Å². The molecule has 1 aliphatic rings. The first kappa shape index (κ1) is 20.4. The molecule has 0 amide bonds. The van der Waals surface area contributed by atoms with Crippen LogP contribution in [-0.4, -0.2) is 46.3 Å². The fourth-order valence-electron chi connectivity index (χ4n) is 4.01. The second kappa shape index (κ2) is 8.10. The number of nitrogens with one attached hydrogen (secondary N) is 1. The zero-order valence-corrected chi connectivity index (χ0v) is 16.9. The third kappa shape index (κ3) is 4.05. The van der Waals surface area contributed by atoms with E-state index in [1.54, 1.807) is 6.20 Å². The Bertz CT molecular complexity index is 989. The maximum atomic E-state index is 12.9. The Kier molecular flexibility index (Phi) is 5.51. The molecule has 2 aromatic heterocycles. The maximum Gasteiger partial charge on any atom is 0.416 e. The van der Waals surface area contributed by atoms with Crippen molar-refractivity contribution in [2.45, 2.75) is 26.1 Å². The minimum Gasteiger partial charge on any atom is -0.354 e. The normalized spacial score (nSPS) is 16.6. The number of hydrogen-bond acceptors (Lipinski definition) is 4. The predicted molar refractivity (Wildman–Crippen MR) is 110 cm³/mol. The van der Waals surface area contributed by atoms with Crippen molar-refractivity contribution in [3.8, 4) is 11.1 Å². The average molecular weight is 415 g/mol. The summed E-state index contributed by atoms with van der Waals surface area (Å²) in [5, 5.41) is 7.12. The molecule has 5 nitrogen and oxygen atoms in total. The van der Waals surface area contributed by atoms with E-state index in [1.807, 2.05) is 25.3 Å². The molecule has 0 saturated carbocycles. The molecule has 0 aliphatic carbocycles. The standard InChI is InChI=1S/C22H24F3N5/c1-15-20(14-27-28-15)16(2)29-10-12-30(13-11-29)21-19(4-3-9-26-21)17-5-7-18(8-6-17)22(23,24)25/h3-9,14,16H,10-13H2,1-2H3,(H,27,28). The number of aromatic nitrogens is 3. The third-order valence-electron chi connectivity index (χ3n) is 5.79. The SMILES string of the molecule is Cc1[nH]ncc1C(C)N1CCN(c2ncccc2-c2ccc(C(F)(F)F)cc2)CC1. The van der Waals surface area contributed by atoms with Crippen LogP contribution >= 0.6 is 0 Å². The molecule has 0 bridgehead atoms. The summed E-state index contributed by atoms with van der Waals surface area (Å²) in [6.45, 7) is 7.54. The molecule has 1 atom stereocenters. The lowest BCUT2D eigenvalue weighted by Crippen LogP contribution is -2.47. The lowest BCUT2D eigenvalue weighted by atomic mass is 10.0. The largest absolute Gasteiger partial charge is 0.416 e. The van der Waals surface area contributed by atoms with Gasteiger partial charge in [0.2, 0.25) is 0 Å². The summed E-state index contributed by atoms with van der Waals surface area (Å²) in [6.07, 6.45) is -0.725. The molecule has 0 radical (unpaired) electrons. The van der Waals surface area contributed by atoms with E-state index < -0.39 is 11.7 Å². The van der Waals surface area contributed by atoms with Gasteiger partial charge in [0.1, 0.15) is 5.82 Å². The number of piperazine rings is 1. The summed E-state index contributed by atoms with van der Waals surface area (Å²) in [5.41, 5.74) is 3.22. The molecule has 4 rings (SSSR count). The molecular formula is C22H24F3N5. The lowest BCUT2D eigenvalue weighted by molar-refractivity contribution is -0.137. The Labute approximate surface area is 173 Å². The van der Waals surface area contributed by atoms with Gasteiger partial charge in [0.05, 0.1) is 11.8 Å². The quantitative estimate of drug-likeness (QED) is 0.672. The number of benzene rings is 1. The van der Waals surface area contributed by atoms with Gasteiger partial charge in [0.25, 0.3) is 0 Å². The van der Waals surface area contributed by atoms with Crippen LogP contribution in [0.4, 0.5) is 19.0 Å². The van der Waals surface area contributed by atoms with Gasteiger partial charge in [0.15, 0.2) is 0 Å². The van der Waals surface area contributed by atoms with Gasteiger partial charge >= 0.3 is 6.18 Å². The number of hydrogen-bond donors (Lipinski definition) is 1. The number of pyridine rings is 1. The average Bonchev–Trinajstić information content (AvgIpc) is 3.19. The molecule has 158 valence electrons. The number of H-pyrrole nitrogens is 1. The summed E-state index contributed by atoms with van der Waals surface area (Å²) < 4.78 is 38.7. The van der Waals surface area contributed by atoms with Crippen LogP contribution < -0.4 is 4.90 Å². The number of rotatable bonds is 4. The van der Waals surface area contributed by atoms with Gasteiger partial charge in [-0.05, 0) is 43.7 Å². The summed E-state index contributed by atoms with van der Waals surface area (Å²) in [4.78, 5) is 9.17. The van der Waals surface area contributed by atoms with Gasteiger partial charge in [-0.25, -0.2) is 4.98 Å². The maximum absolute atomic E-state index is 12.9. The van der Waals surface area contributed by atoms with Gasteiger partial charge < -0.3 is 4.90 Å². The van der Waals surface area contributed by atoms with Crippen molar-refractivity contribution in [3.63, 3.8) is 0 Å². The fraction of sp³-hybridized carbons (Fsp3) is 0.364. The number of alkyl halides is 3. The second-order valence-corrected chi connectivity index (χ2v) is 7.60. The molecule has 3 aromatic rings. The van der Waals surface area contributed by atoms with E-state index >= 15 is 0 Å². The van der Waals surface area contributed by atoms with E-state index in [1.165, 1.54) is 17.7 Å². The van der Waals surface area contributed by atoms with Crippen molar-refractivity contribution in [3.05, 3.63) is 65.6 Å². The third-order valence-corrected chi connectivity index (χ3v) is 5.79. The molecule has 1 aliphatic heterocycles. The topological polar surface area (TPSA) is 48.1 Å². The predicted octanol–water partition coefficient (Wildman–Crippen LogP) is 4.68. The van der Waals surface area contributed by atoms with Crippen LogP contribution in [0.2, 0.25) is 0 Å². The molecule has 1 unspecified atom stereocenters. The van der Waals surface area contributed by atoms with E-state index in [4.69, 9.17) is 0 Å². The van der Waals surface area contributed by atoms with Crippen LogP contribution in [-0.2, 0) is 6.18 Å². The molecule has 1 N–H and O–H groups in total. The van der Waals surface area contributed by atoms with Gasteiger partial charge in [-0.1, -0.05) is 12.1 Å². The molecule has 30 heavy (non-hydrogen) atoms. The highest BCUT2D eigenvalue weighted by Gasteiger charge is 2.30. The highest BCUT2D eigenvalue weighted by Crippen LogP contribution is 2.34. The molecule has 1 saturated heterocycles. The van der Waals surface area contributed by atoms with E-state index in [2.05, 4.69) is 31.9 Å². The Morgan fingerprint density at radius 1 is 1.03 bits per heavy atom. The summed E-state index contributed by atoms with van der Waals surface area (Å²) >= 11 is 0. The van der Waals surface area contributed by atoms with Crippen LogP contribution in [0.15, 0.2) is 48.8 Å². The molecule has 1 aromatic carbocycles. The highest BCUT2D eigenvalue weighted by atomic mass is 19.4. The second-order valence-electron chi connectivity index (χ2n) is 7.60. The van der Waals surface area contributed by atoms with Crippen molar-refractivity contribution >= 4 is 5.82 Å². The Morgan fingerprint density at radius 3 is 2.33 bits per heavy atom. The Balaban J connectivity index is 1.50. The summed E-state index contributed by atoms with van der Waals surface area (Å²) in [7, 11) is 0. The number of halogens is 3. The van der Waals surface area contributed by atoms with Crippen LogP contribution in [0.3, 0.4) is 0 Å². The summed E-state index contributed by atoms with van der Waals surface area (Å²) in [5.74, 6) is 0.809. The smallest absolute Gasteiger partial charge is 0.354 e. The Hall–Kier alpha value is -2.87. The van der Waals surface area contributed by atoms with Crippen LogP contribution in [0.25, 0.3) is 11.1 Å². The monoisotopic (exact) mass is 415 g/mol. The van der Waals surface area contributed by atoms with Crippen LogP contribution in [0.1, 0.15) is 29.8 Å². The fourth-order valence-corrected chi connectivity index (χ4v) is 4.01. The zero-order chi connectivity index (χ0) is 21.3. The molecule has 0 spiro atoms. The number of aromatic amines is 1. The molecule has 1 fully saturated rings. The molecule has 8 heteroatoms. The van der Waals surface area contributed by atoms with E-state index in [-0.39, 0.29) is 6.04 Å². The first-order valence-electron chi connectivity index (χ1n) is 9.96. The highest BCUT2D eigenvalue weighted by molar-refractivity contribution is 5.76.